The number of aromatic nitrogens is 3. The van der Waals surface area contributed by atoms with Crippen molar-refractivity contribution in [3.8, 4) is 11.4 Å². The number of hydrogen-bond acceptors (Lipinski definition) is 4. The second-order valence-electron chi connectivity index (χ2n) is 8.64. The van der Waals surface area contributed by atoms with Crippen molar-refractivity contribution in [1.82, 2.24) is 24.6 Å². The van der Waals surface area contributed by atoms with Crippen LogP contribution in [0.15, 0.2) is 24.3 Å². The average molecular weight is 464 g/mol. The summed E-state index contributed by atoms with van der Waals surface area (Å²) in [5.41, 5.74) is 0.978. The van der Waals surface area contributed by atoms with Crippen molar-refractivity contribution in [2.45, 2.75) is 65.6 Å². The zero-order valence-corrected chi connectivity index (χ0v) is 20.4. The zero-order valence-electron chi connectivity index (χ0n) is 18.8. The van der Waals surface area contributed by atoms with Gasteiger partial charge < -0.3 is 10.2 Å². The summed E-state index contributed by atoms with van der Waals surface area (Å²) in [4.78, 5) is 14.9. The predicted octanol–water partition coefficient (Wildman–Crippen LogP) is 4.77. The summed E-state index contributed by atoms with van der Waals surface area (Å²) in [5.74, 6) is 1.43. The van der Waals surface area contributed by atoms with Gasteiger partial charge in [0.1, 0.15) is 0 Å². The van der Waals surface area contributed by atoms with Crippen LogP contribution < -0.4 is 5.32 Å². The quantitative estimate of drug-likeness (QED) is 0.515. The van der Waals surface area contributed by atoms with Gasteiger partial charge in [0.15, 0.2) is 10.6 Å². The van der Waals surface area contributed by atoms with Gasteiger partial charge in [0, 0.05) is 42.7 Å². The Labute approximate surface area is 195 Å². The molecule has 1 aromatic heterocycles. The topological polar surface area (TPSA) is 55.1 Å². The van der Waals surface area contributed by atoms with Gasteiger partial charge in [-0.3, -0.25) is 9.36 Å². The van der Waals surface area contributed by atoms with Crippen molar-refractivity contribution in [3.05, 3.63) is 34.1 Å². The molecule has 1 aliphatic heterocycles. The largest absolute Gasteiger partial charge is 0.356 e. The molecule has 3 rings (SSSR count). The van der Waals surface area contributed by atoms with Crippen molar-refractivity contribution in [1.29, 1.82) is 0 Å². The molecule has 0 spiro atoms. The van der Waals surface area contributed by atoms with Gasteiger partial charge >= 0.3 is 0 Å². The molecule has 1 atom stereocenters. The Balaban J connectivity index is 1.61. The maximum Gasteiger partial charge on any atom is 0.221 e. The van der Waals surface area contributed by atoms with Crippen LogP contribution in [0.5, 0.6) is 0 Å². The Hall–Kier alpha value is -1.70. The third kappa shape index (κ3) is 6.40. The predicted molar refractivity (Wildman–Crippen MR) is 129 cm³/mol. The van der Waals surface area contributed by atoms with Crippen LogP contribution in [0.3, 0.4) is 0 Å². The normalized spacial score (nSPS) is 16.9. The smallest absolute Gasteiger partial charge is 0.221 e. The fourth-order valence-corrected chi connectivity index (χ4v) is 4.41. The Morgan fingerprint density at radius 1 is 1.29 bits per heavy atom. The maximum absolute atomic E-state index is 12.4. The van der Waals surface area contributed by atoms with E-state index in [1.54, 1.807) is 4.68 Å². The molecule has 0 aliphatic carbocycles. The molecule has 0 saturated carbocycles. The summed E-state index contributed by atoms with van der Waals surface area (Å²) in [7, 11) is 0. The van der Waals surface area contributed by atoms with Crippen LogP contribution >= 0.6 is 23.8 Å². The molecule has 1 fully saturated rings. The van der Waals surface area contributed by atoms with E-state index in [0.717, 1.165) is 56.8 Å². The molecule has 6 nitrogen and oxygen atoms in total. The van der Waals surface area contributed by atoms with Gasteiger partial charge in [-0.2, -0.15) is 5.10 Å². The number of carbonyl (C=O) groups excluding carboxylic acids is 1. The SMILES string of the molecule is CCCCn1c(-c2ccc(Cl)cc2)nn(CCC(=O)NCC2CCN(C(C)C)C2)c1=S. The molecule has 1 aromatic carbocycles. The van der Waals surface area contributed by atoms with Crippen LogP contribution in [0.1, 0.15) is 46.5 Å². The maximum atomic E-state index is 12.4. The van der Waals surface area contributed by atoms with Gasteiger partial charge in [-0.25, -0.2) is 4.68 Å². The molecule has 8 heteroatoms. The number of carbonyl (C=O) groups is 1. The summed E-state index contributed by atoms with van der Waals surface area (Å²) in [6.07, 6.45) is 3.62. The highest BCUT2D eigenvalue weighted by atomic mass is 35.5. The Kier molecular flexibility index (Phi) is 8.69. The molecule has 2 heterocycles. The second kappa shape index (κ2) is 11.2. The minimum Gasteiger partial charge on any atom is -0.356 e. The van der Waals surface area contributed by atoms with Gasteiger partial charge in [-0.05, 0) is 75.6 Å². The summed E-state index contributed by atoms with van der Waals surface area (Å²) >= 11 is 11.7. The van der Waals surface area contributed by atoms with Crippen molar-refractivity contribution in [2.24, 2.45) is 5.92 Å². The third-order valence-electron chi connectivity index (χ3n) is 5.95. The van der Waals surface area contributed by atoms with E-state index < -0.39 is 0 Å². The van der Waals surface area contributed by atoms with Crippen LogP contribution in [0.25, 0.3) is 11.4 Å². The number of rotatable bonds is 10. The van der Waals surface area contributed by atoms with E-state index in [4.69, 9.17) is 28.9 Å². The number of amides is 1. The van der Waals surface area contributed by atoms with E-state index in [9.17, 15) is 4.79 Å². The lowest BCUT2D eigenvalue weighted by atomic mass is 10.1. The minimum absolute atomic E-state index is 0.0565. The van der Waals surface area contributed by atoms with Gasteiger partial charge in [0.2, 0.25) is 5.91 Å². The van der Waals surface area contributed by atoms with Gasteiger partial charge in [-0.1, -0.05) is 24.9 Å². The third-order valence-corrected chi connectivity index (χ3v) is 6.63. The van der Waals surface area contributed by atoms with Crippen molar-refractivity contribution >= 4 is 29.7 Å². The minimum atomic E-state index is 0.0565. The zero-order chi connectivity index (χ0) is 22.4. The number of aryl methyl sites for hydroxylation is 1. The van der Waals surface area contributed by atoms with E-state index in [1.165, 1.54) is 0 Å². The second-order valence-corrected chi connectivity index (χ2v) is 9.44. The van der Waals surface area contributed by atoms with Crippen LogP contribution in [-0.2, 0) is 17.9 Å². The summed E-state index contributed by atoms with van der Waals surface area (Å²) in [6.45, 7) is 10.8. The Morgan fingerprint density at radius 2 is 2.03 bits per heavy atom. The first-order chi connectivity index (χ1) is 14.9. The number of likely N-dealkylation sites (tertiary alicyclic amines) is 1. The van der Waals surface area contributed by atoms with E-state index in [2.05, 4.69) is 35.6 Å². The van der Waals surface area contributed by atoms with E-state index in [0.29, 0.717) is 34.7 Å². The van der Waals surface area contributed by atoms with Crippen molar-refractivity contribution < 1.29 is 4.79 Å². The van der Waals surface area contributed by atoms with Crippen LogP contribution in [-0.4, -0.2) is 50.8 Å². The average Bonchev–Trinajstić information content (AvgIpc) is 3.35. The van der Waals surface area contributed by atoms with Gasteiger partial charge in [-0.15, -0.1) is 0 Å². The molecule has 2 aromatic rings. The van der Waals surface area contributed by atoms with Crippen LogP contribution in [0.4, 0.5) is 0 Å². The van der Waals surface area contributed by atoms with Crippen LogP contribution in [0, 0.1) is 10.7 Å². The summed E-state index contributed by atoms with van der Waals surface area (Å²) in [5, 5.41) is 8.54. The standard InChI is InChI=1S/C23H34ClN5OS/c1-4-5-12-28-22(19-6-8-20(24)9-7-19)26-29(23(28)31)14-11-21(30)25-15-18-10-13-27(16-18)17(2)3/h6-9,17-18H,4-5,10-16H2,1-3H3,(H,25,30). The number of hydrogen-bond donors (Lipinski definition) is 1. The van der Waals surface area contributed by atoms with E-state index in [1.807, 2.05) is 24.3 Å². The Bertz CT molecular complexity index is 921. The number of nitrogens with one attached hydrogen (secondary N) is 1. The number of benzene rings is 1. The summed E-state index contributed by atoms with van der Waals surface area (Å²) in [6, 6.07) is 8.21. The highest BCUT2D eigenvalue weighted by molar-refractivity contribution is 7.71. The molecule has 1 amide bonds. The molecule has 1 N–H and O–H groups in total. The molecular weight excluding hydrogens is 430 g/mol. The van der Waals surface area contributed by atoms with Gasteiger partial charge in [0.05, 0.1) is 6.54 Å². The first-order valence-electron chi connectivity index (χ1n) is 11.3. The highest BCUT2D eigenvalue weighted by Crippen LogP contribution is 2.22. The fourth-order valence-electron chi connectivity index (χ4n) is 3.97. The molecule has 1 aliphatic rings. The lowest BCUT2D eigenvalue weighted by Gasteiger charge is -2.20. The lowest BCUT2D eigenvalue weighted by Crippen LogP contribution is -2.33. The summed E-state index contributed by atoms with van der Waals surface area (Å²) < 4.78 is 4.51. The first kappa shape index (κ1) is 24.0. The first-order valence-corrected chi connectivity index (χ1v) is 12.1. The Morgan fingerprint density at radius 3 is 2.68 bits per heavy atom. The van der Waals surface area contributed by atoms with E-state index in [-0.39, 0.29) is 5.91 Å². The molecule has 0 bridgehead atoms. The molecular formula is C23H34ClN5OS. The molecule has 170 valence electrons. The van der Waals surface area contributed by atoms with Crippen molar-refractivity contribution in [2.75, 3.05) is 19.6 Å². The number of halogens is 1. The monoisotopic (exact) mass is 463 g/mol. The highest BCUT2D eigenvalue weighted by Gasteiger charge is 2.24. The molecule has 31 heavy (non-hydrogen) atoms. The molecule has 0 radical (unpaired) electrons. The van der Waals surface area contributed by atoms with Crippen LogP contribution in [0.2, 0.25) is 5.02 Å². The van der Waals surface area contributed by atoms with Crippen molar-refractivity contribution in [3.63, 3.8) is 0 Å². The number of unbranched alkanes of at least 4 members (excludes halogenated alkanes) is 1. The fraction of sp³-hybridized carbons (Fsp3) is 0.609. The van der Waals surface area contributed by atoms with Gasteiger partial charge in [0.25, 0.3) is 0 Å². The lowest BCUT2D eigenvalue weighted by molar-refractivity contribution is -0.121. The number of nitrogens with zero attached hydrogens (tertiary/aromatic N) is 4. The molecule has 1 saturated heterocycles. The molecule has 1 unspecified atom stereocenters. The van der Waals surface area contributed by atoms with E-state index >= 15 is 0 Å².